The van der Waals surface area contributed by atoms with Crippen LogP contribution in [0.15, 0.2) is 24.3 Å². The molecule has 0 saturated carbocycles. The average Bonchev–Trinajstić information content (AvgIpc) is 2.20. The van der Waals surface area contributed by atoms with E-state index in [1.54, 1.807) is 6.07 Å². The van der Waals surface area contributed by atoms with E-state index in [4.69, 9.17) is 23.1 Å². The highest BCUT2D eigenvalue weighted by Crippen LogP contribution is 2.27. The van der Waals surface area contributed by atoms with Gasteiger partial charge in [-0.15, -0.1) is 0 Å². The first kappa shape index (κ1) is 10.7. The number of anilines is 2. The van der Waals surface area contributed by atoms with Crippen molar-refractivity contribution in [2.75, 3.05) is 11.5 Å². The Kier molecular flexibility index (Phi) is 2.66. The zero-order valence-electron chi connectivity index (χ0n) is 8.74. The van der Waals surface area contributed by atoms with Crippen molar-refractivity contribution >= 4 is 23.4 Å². The van der Waals surface area contributed by atoms with E-state index < -0.39 is 0 Å². The molecule has 0 saturated heterocycles. The quantitative estimate of drug-likeness (QED) is 0.794. The fourth-order valence-corrected chi connectivity index (χ4v) is 1.68. The number of nitrogen functional groups attached to an aromatic ring is 2. The molecule has 0 radical (unpaired) electrons. The third-order valence-electron chi connectivity index (χ3n) is 2.31. The van der Waals surface area contributed by atoms with Crippen LogP contribution in [-0.2, 0) is 0 Å². The van der Waals surface area contributed by atoms with E-state index in [0.717, 1.165) is 11.1 Å². The number of benzene rings is 1. The molecule has 0 aliphatic rings. The van der Waals surface area contributed by atoms with Crippen molar-refractivity contribution in [3.05, 3.63) is 34.9 Å². The molecular formula is C11H11ClN4. The highest BCUT2D eigenvalue weighted by Gasteiger charge is 2.07. The van der Waals surface area contributed by atoms with Gasteiger partial charge in [-0.25, -0.2) is 4.98 Å². The second kappa shape index (κ2) is 3.98. The van der Waals surface area contributed by atoms with Crippen molar-refractivity contribution in [3.8, 4) is 11.3 Å². The van der Waals surface area contributed by atoms with Crippen LogP contribution in [0.4, 0.5) is 11.8 Å². The van der Waals surface area contributed by atoms with Crippen molar-refractivity contribution in [1.82, 2.24) is 9.97 Å². The van der Waals surface area contributed by atoms with Gasteiger partial charge in [-0.2, -0.15) is 4.98 Å². The van der Waals surface area contributed by atoms with Gasteiger partial charge in [0.25, 0.3) is 0 Å². The van der Waals surface area contributed by atoms with Crippen LogP contribution in [0.3, 0.4) is 0 Å². The topological polar surface area (TPSA) is 77.8 Å². The molecule has 16 heavy (non-hydrogen) atoms. The van der Waals surface area contributed by atoms with Crippen LogP contribution in [0.2, 0.25) is 5.02 Å². The molecule has 1 aromatic heterocycles. The summed E-state index contributed by atoms with van der Waals surface area (Å²) < 4.78 is 0. The van der Waals surface area contributed by atoms with Gasteiger partial charge in [0.15, 0.2) is 0 Å². The van der Waals surface area contributed by atoms with Gasteiger partial charge in [-0.3, -0.25) is 0 Å². The lowest BCUT2D eigenvalue weighted by Crippen LogP contribution is -2.01. The molecule has 2 aromatic rings. The maximum absolute atomic E-state index is 6.04. The Bertz CT molecular complexity index is 519. The zero-order chi connectivity index (χ0) is 11.7. The molecule has 1 heterocycles. The summed E-state index contributed by atoms with van der Waals surface area (Å²) in [5.74, 6) is 0.510. The molecule has 0 fully saturated rings. The van der Waals surface area contributed by atoms with E-state index in [1.165, 1.54) is 0 Å². The molecule has 0 bridgehead atoms. The van der Waals surface area contributed by atoms with Crippen LogP contribution < -0.4 is 11.5 Å². The minimum Gasteiger partial charge on any atom is -0.384 e. The van der Waals surface area contributed by atoms with Gasteiger partial charge >= 0.3 is 0 Å². The van der Waals surface area contributed by atoms with Gasteiger partial charge < -0.3 is 11.5 Å². The number of hydrogen-bond donors (Lipinski definition) is 2. The summed E-state index contributed by atoms with van der Waals surface area (Å²) in [6.07, 6.45) is 0. The Morgan fingerprint density at radius 2 is 1.94 bits per heavy atom. The molecule has 0 amide bonds. The number of nitrogens with zero attached hydrogens (tertiary/aromatic N) is 2. The summed E-state index contributed by atoms with van der Waals surface area (Å²) in [6.45, 7) is 1.92. The maximum Gasteiger partial charge on any atom is 0.222 e. The highest BCUT2D eigenvalue weighted by molar-refractivity contribution is 6.31. The lowest BCUT2D eigenvalue weighted by Gasteiger charge is -2.07. The molecule has 4 nitrogen and oxygen atoms in total. The van der Waals surface area contributed by atoms with Gasteiger partial charge in [0.2, 0.25) is 5.95 Å². The van der Waals surface area contributed by atoms with Gasteiger partial charge in [-0.05, 0) is 18.6 Å². The van der Waals surface area contributed by atoms with Gasteiger partial charge in [0, 0.05) is 16.7 Å². The van der Waals surface area contributed by atoms with E-state index in [-0.39, 0.29) is 5.95 Å². The molecule has 0 aliphatic carbocycles. The Balaban J connectivity index is 2.63. The van der Waals surface area contributed by atoms with E-state index in [9.17, 15) is 0 Å². The summed E-state index contributed by atoms with van der Waals surface area (Å²) in [5, 5.41) is 0.688. The van der Waals surface area contributed by atoms with E-state index in [2.05, 4.69) is 9.97 Å². The molecule has 2 rings (SSSR count). The third kappa shape index (κ3) is 1.92. The normalized spacial score (nSPS) is 10.4. The maximum atomic E-state index is 6.04. The molecule has 4 N–H and O–H groups in total. The predicted octanol–water partition coefficient (Wildman–Crippen LogP) is 2.27. The Hall–Kier alpha value is -1.81. The van der Waals surface area contributed by atoms with E-state index in [0.29, 0.717) is 16.5 Å². The largest absolute Gasteiger partial charge is 0.384 e. The van der Waals surface area contributed by atoms with Crippen molar-refractivity contribution in [2.45, 2.75) is 6.92 Å². The molecule has 0 aliphatic heterocycles. The number of halogens is 1. The Morgan fingerprint density at radius 1 is 1.19 bits per heavy atom. The lowest BCUT2D eigenvalue weighted by atomic mass is 10.1. The summed E-state index contributed by atoms with van der Waals surface area (Å²) in [5.41, 5.74) is 13.7. The summed E-state index contributed by atoms with van der Waals surface area (Å²) in [6, 6.07) is 7.28. The predicted molar refractivity (Wildman–Crippen MR) is 66.0 cm³/mol. The molecule has 1 aromatic carbocycles. The number of hydrogen-bond acceptors (Lipinski definition) is 4. The van der Waals surface area contributed by atoms with Crippen molar-refractivity contribution in [3.63, 3.8) is 0 Å². The van der Waals surface area contributed by atoms with Crippen molar-refractivity contribution in [2.24, 2.45) is 0 Å². The van der Waals surface area contributed by atoms with Crippen LogP contribution in [0.5, 0.6) is 0 Å². The smallest absolute Gasteiger partial charge is 0.222 e. The highest BCUT2D eigenvalue weighted by atomic mass is 35.5. The minimum atomic E-state index is 0.161. The Morgan fingerprint density at radius 3 is 2.62 bits per heavy atom. The van der Waals surface area contributed by atoms with Crippen LogP contribution in [0.1, 0.15) is 5.56 Å². The van der Waals surface area contributed by atoms with E-state index in [1.807, 2.05) is 25.1 Å². The summed E-state index contributed by atoms with van der Waals surface area (Å²) in [4.78, 5) is 7.96. The number of aromatic nitrogens is 2. The Labute approximate surface area is 98.3 Å². The fraction of sp³-hybridized carbons (Fsp3) is 0.0909. The second-order valence-corrected chi connectivity index (χ2v) is 3.86. The van der Waals surface area contributed by atoms with Crippen molar-refractivity contribution in [1.29, 1.82) is 0 Å². The van der Waals surface area contributed by atoms with Gasteiger partial charge in [-0.1, -0.05) is 23.7 Å². The first-order valence-electron chi connectivity index (χ1n) is 4.73. The number of nitrogens with two attached hydrogens (primary N) is 2. The molecule has 0 atom stereocenters. The second-order valence-electron chi connectivity index (χ2n) is 3.45. The van der Waals surface area contributed by atoms with Crippen molar-refractivity contribution < 1.29 is 0 Å². The number of rotatable bonds is 1. The lowest BCUT2D eigenvalue weighted by molar-refractivity contribution is 1.19. The van der Waals surface area contributed by atoms with Gasteiger partial charge in [0.05, 0.1) is 5.69 Å². The van der Waals surface area contributed by atoms with Crippen LogP contribution in [0.25, 0.3) is 11.3 Å². The molecule has 0 unspecified atom stereocenters. The first-order chi connectivity index (χ1) is 7.58. The average molecular weight is 235 g/mol. The summed E-state index contributed by atoms with van der Waals surface area (Å²) >= 11 is 6.04. The van der Waals surface area contributed by atoms with E-state index >= 15 is 0 Å². The molecule has 0 spiro atoms. The zero-order valence-corrected chi connectivity index (χ0v) is 9.49. The minimum absolute atomic E-state index is 0.161. The molecular weight excluding hydrogens is 224 g/mol. The van der Waals surface area contributed by atoms with Gasteiger partial charge in [0.1, 0.15) is 5.82 Å². The molecule has 82 valence electrons. The van der Waals surface area contributed by atoms with Crippen LogP contribution in [-0.4, -0.2) is 9.97 Å². The third-order valence-corrected chi connectivity index (χ3v) is 2.72. The standard InChI is InChI=1S/C11H11ClN4/c1-6-7(3-2-4-8(6)12)9-5-10(13)16-11(14)15-9/h2-5H,1H3,(H4,13,14,15,16). The summed E-state index contributed by atoms with van der Waals surface area (Å²) in [7, 11) is 0. The van der Waals surface area contributed by atoms with Crippen LogP contribution >= 0.6 is 11.6 Å². The van der Waals surface area contributed by atoms with Crippen LogP contribution in [0, 0.1) is 6.92 Å². The molecule has 5 heteroatoms. The fourth-order valence-electron chi connectivity index (χ4n) is 1.51. The monoisotopic (exact) mass is 234 g/mol. The first-order valence-corrected chi connectivity index (χ1v) is 5.11. The SMILES string of the molecule is Cc1c(Cl)cccc1-c1cc(N)nc(N)n1.